The Morgan fingerprint density at radius 2 is 1.20 bits per heavy atom. The van der Waals surface area contributed by atoms with Gasteiger partial charge in [-0.1, -0.05) is 96.1 Å². The molecule has 0 saturated heterocycles. The summed E-state index contributed by atoms with van der Waals surface area (Å²) in [6.45, 7) is 9.65. The van der Waals surface area contributed by atoms with Crippen molar-refractivity contribution in [3.05, 3.63) is 165 Å². The number of benzene rings is 5. The van der Waals surface area contributed by atoms with E-state index in [1.54, 1.807) is 24.3 Å². The second kappa shape index (κ2) is 10.6. The normalized spacial score (nSPS) is 17.6. The number of carbonyl (C=O) groups is 2. The summed E-state index contributed by atoms with van der Waals surface area (Å²) in [6, 6.07) is 36.7. The molecule has 0 aromatic heterocycles. The molecule has 3 aliphatic rings. The standard InChI is InChI=1S/C41H36O4/c1-25-14-18-27(19-15-25)24-41-31-12-8-6-10-29(31)35(30-11-7-9-13-32(30)41)36-33(45-39(43)40(3,4)5)22-23-34(37(36)41)44-38(42)28-20-16-26(2)17-21-28/h6-23,35H,24H2,1-5H3. The predicted octanol–water partition coefficient (Wildman–Crippen LogP) is 8.86. The van der Waals surface area contributed by atoms with Gasteiger partial charge < -0.3 is 9.47 Å². The lowest BCUT2D eigenvalue weighted by Gasteiger charge is -2.51. The maximum Gasteiger partial charge on any atom is 0.343 e. The van der Waals surface area contributed by atoms with Crippen LogP contribution in [-0.4, -0.2) is 11.9 Å². The molecule has 224 valence electrons. The Bertz CT molecular complexity index is 1910. The second-order valence-electron chi connectivity index (χ2n) is 13.4. The minimum absolute atomic E-state index is 0.201. The fourth-order valence-electron chi connectivity index (χ4n) is 7.04. The van der Waals surface area contributed by atoms with Gasteiger partial charge in [-0.15, -0.1) is 0 Å². The molecule has 0 amide bonds. The molecule has 0 heterocycles. The van der Waals surface area contributed by atoms with E-state index < -0.39 is 16.8 Å². The van der Waals surface area contributed by atoms with Gasteiger partial charge in [0.05, 0.1) is 16.4 Å². The van der Waals surface area contributed by atoms with E-state index in [9.17, 15) is 9.59 Å². The van der Waals surface area contributed by atoms with E-state index in [1.165, 1.54) is 27.8 Å². The number of ether oxygens (including phenoxy) is 2. The number of esters is 2. The predicted molar refractivity (Wildman–Crippen MR) is 176 cm³/mol. The Balaban J connectivity index is 1.53. The summed E-state index contributed by atoms with van der Waals surface area (Å²) in [6.07, 6.45) is 0.632. The molecular weight excluding hydrogens is 556 g/mol. The lowest BCUT2D eigenvalue weighted by molar-refractivity contribution is -0.143. The third-order valence-electron chi connectivity index (χ3n) is 9.24. The number of hydrogen-bond donors (Lipinski definition) is 0. The highest BCUT2D eigenvalue weighted by Crippen LogP contribution is 2.64. The summed E-state index contributed by atoms with van der Waals surface area (Å²) >= 11 is 0. The van der Waals surface area contributed by atoms with Gasteiger partial charge in [-0.05, 0) is 93.1 Å². The largest absolute Gasteiger partial charge is 0.426 e. The van der Waals surface area contributed by atoms with Gasteiger partial charge in [0.2, 0.25) is 0 Å². The molecule has 0 atom stereocenters. The molecule has 4 nitrogen and oxygen atoms in total. The Hall–Kier alpha value is -4.96. The zero-order chi connectivity index (χ0) is 31.5. The highest BCUT2D eigenvalue weighted by atomic mass is 16.5. The van der Waals surface area contributed by atoms with Crippen LogP contribution < -0.4 is 9.47 Å². The van der Waals surface area contributed by atoms with Crippen LogP contribution in [0.3, 0.4) is 0 Å². The van der Waals surface area contributed by atoms with Crippen molar-refractivity contribution in [2.45, 2.75) is 52.4 Å². The first-order valence-corrected chi connectivity index (χ1v) is 15.5. The van der Waals surface area contributed by atoms with Crippen molar-refractivity contribution in [2.75, 3.05) is 0 Å². The van der Waals surface area contributed by atoms with E-state index in [4.69, 9.17) is 9.47 Å². The van der Waals surface area contributed by atoms with Gasteiger partial charge >= 0.3 is 11.9 Å². The number of hydrogen-bond acceptors (Lipinski definition) is 4. The second-order valence-corrected chi connectivity index (χ2v) is 13.4. The number of rotatable bonds is 5. The Labute approximate surface area is 264 Å². The van der Waals surface area contributed by atoms with Crippen molar-refractivity contribution >= 4 is 11.9 Å². The van der Waals surface area contributed by atoms with Crippen molar-refractivity contribution in [3.63, 3.8) is 0 Å². The maximum absolute atomic E-state index is 13.7. The lowest BCUT2D eigenvalue weighted by Crippen LogP contribution is -2.44. The van der Waals surface area contributed by atoms with Crippen LogP contribution in [0.5, 0.6) is 11.5 Å². The van der Waals surface area contributed by atoms with Crippen LogP contribution in [0.2, 0.25) is 0 Å². The van der Waals surface area contributed by atoms with Gasteiger partial charge in [0, 0.05) is 17.0 Å². The Morgan fingerprint density at radius 1 is 0.667 bits per heavy atom. The summed E-state index contributed by atoms with van der Waals surface area (Å²) in [4.78, 5) is 27.1. The summed E-state index contributed by atoms with van der Waals surface area (Å²) < 4.78 is 12.6. The molecule has 5 aromatic rings. The van der Waals surface area contributed by atoms with Crippen molar-refractivity contribution in [1.29, 1.82) is 0 Å². The monoisotopic (exact) mass is 592 g/mol. The average molecular weight is 593 g/mol. The SMILES string of the molecule is Cc1ccc(CC23c4ccccc4C(c4ccccc42)c2c(OC(=O)C(C)(C)C)ccc(OC(=O)c4ccc(C)cc4)c23)cc1. The molecule has 4 heteroatoms. The van der Waals surface area contributed by atoms with Crippen LogP contribution in [0.1, 0.15) is 87.1 Å². The van der Waals surface area contributed by atoms with Gasteiger partial charge in [0.25, 0.3) is 0 Å². The van der Waals surface area contributed by atoms with Crippen LogP contribution in [0, 0.1) is 19.3 Å². The quantitative estimate of drug-likeness (QED) is 0.151. The fraction of sp³-hybridized carbons (Fsp3) is 0.220. The van der Waals surface area contributed by atoms with E-state index >= 15 is 0 Å². The Kier molecular flexibility index (Phi) is 6.77. The molecule has 8 rings (SSSR count). The van der Waals surface area contributed by atoms with Crippen molar-refractivity contribution in [1.82, 2.24) is 0 Å². The first-order valence-electron chi connectivity index (χ1n) is 15.5. The highest BCUT2D eigenvalue weighted by Gasteiger charge is 2.54. The van der Waals surface area contributed by atoms with Gasteiger partial charge in [-0.3, -0.25) is 4.79 Å². The van der Waals surface area contributed by atoms with Crippen LogP contribution >= 0.6 is 0 Å². The molecule has 5 aromatic carbocycles. The molecule has 0 N–H and O–H groups in total. The molecule has 0 aliphatic heterocycles. The minimum Gasteiger partial charge on any atom is -0.426 e. The third kappa shape index (κ3) is 4.67. The molecule has 0 radical (unpaired) electrons. The van der Waals surface area contributed by atoms with Gasteiger partial charge in [-0.25, -0.2) is 4.79 Å². The lowest BCUT2D eigenvalue weighted by atomic mass is 9.51. The molecule has 2 bridgehead atoms. The van der Waals surface area contributed by atoms with Crippen molar-refractivity contribution in [3.8, 4) is 11.5 Å². The van der Waals surface area contributed by atoms with Crippen LogP contribution in [0.4, 0.5) is 0 Å². The van der Waals surface area contributed by atoms with E-state index in [0.717, 1.165) is 22.3 Å². The van der Waals surface area contributed by atoms with Crippen LogP contribution in [0.25, 0.3) is 0 Å². The maximum atomic E-state index is 13.7. The minimum atomic E-state index is -0.709. The summed E-state index contributed by atoms with van der Waals surface area (Å²) in [5, 5.41) is 0. The molecule has 0 fully saturated rings. The average Bonchev–Trinajstić information content (AvgIpc) is 3.03. The van der Waals surface area contributed by atoms with Crippen LogP contribution in [0.15, 0.2) is 109 Å². The van der Waals surface area contributed by atoms with E-state index in [2.05, 4.69) is 79.7 Å². The number of aryl methyl sites for hydroxylation is 2. The van der Waals surface area contributed by atoms with Gasteiger partial charge in [0.15, 0.2) is 0 Å². The van der Waals surface area contributed by atoms with E-state index in [0.29, 0.717) is 23.5 Å². The van der Waals surface area contributed by atoms with Crippen molar-refractivity contribution < 1.29 is 19.1 Å². The molecule has 45 heavy (non-hydrogen) atoms. The molecule has 3 aliphatic carbocycles. The molecule has 0 spiro atoms. The summed E-state index contributed by atoms with van der Waals surface area (Å²) in [5.74, 6) is 0.0394. The Morgan fingerprint density at radius 3 is 1.78 bits per heavy atom. The molecule has 0 saturated carbocycles. The van der Waals surface area contributed by atoms with E-state index in [1.807, 2.05) is 39.8 Å². The number of carbonyl (C=O) groups excluding carboxylic acids is 2. The van der Waals surface area contributed by atoms with Gasteiger partial charge in [-0.2, -0.15) is 0 Å². The van der Waals surface area contributed by atoms with Gasteiger partial charge in [0.1, 0.15) is 11.5 Å². The first kappa shape index (κ1) is 28.8. The molecular formula is C41H36O4. The highest BCUT2D eigenvalue weighted by molar-refractivity contribution is 5.92. The van der Waals surface area contributed by atoms with Crippen molar-refractivity contribution in [2.24, 2.45) is 5.41 Å². The summed E-state index contributed by atoms with van der Waals surface area (Å²) in [5.41, 5.74) is 8.93. The first-order chi connectivity index (χ1) is 21.6. The molecule has 0 unspecified atom stereocenters. The fourth-order valence-corrected chi connectivity index (χ4v) is 7.04. The third-order valence-corrected chi connectivity index (χ3v) is 9.24. The smallest absolute Gasteiger partial charge is 0.343 e. The zero-order valence-electron chi connectivity index (χ0n) is 26.3. The van der Waals surface area contributed by atoms with E-state index in [-0.39, 0.29) is 11.9 Å². The van der Waals surface area contributed by atoms with Crippen LogP contribution in [-0.2, 0) is 16.6 Å². The summed E-state index contributed by atoms with van der Waals surface area (Å²) in [7, 11) is 0. The zero-order valence-corrected chi connectivity index (χ0v) is 26.3. The topological polar surface area (TPSA) is 52.6 Å².